The van der Waals surface area contributed by atoms with Crippen molar-refractivity contribution in [3.05, 3.63) is 34.9 Å². The lowest BCUT2D eigenvalue weighted by molar-refractivity contribution is 0.0407. The molecule has 6 nitrogen and oxygen atoms in total. The molecule has 1 aromatic carbocycles. The van der Waals surface area contributed by atoms with Crippen LogP contribution in [0.2, 0.25) is 0 Å². The molecule has 2 amide bonds. The van der Waals surface area contributed by atoms with E-state index in [1.54, 1.807) is 0 Å². The van der Waals surface area contributed by atoms with Crippen LogP contribution in [-0.4, -0.2) is 60.4 Å². The second-order valence-electron chi connectivity index (χ2n) is 6.00. The Kier molecular flexibility index (Phi) is 4.36. The van der Waals surface area contributed by atoms with Crippen LogP contribution >= 0.6 is 0 Å². The van der Waals surface area contributed by atoms with Crippen molar-refractivity contribution in [3.8, 4) is 12.3 Å². The highest BCUT2D eigenvalue weighted by atomic mass is 16.5. The van der Waals surface area contributed by atoms with Crippen molar-refractivity contribution in [2.24, 2.45) is 0 Å². The van der Waals surface area contributed by atoms with Crippen molar-refractivity contribution in [2.75, 3.05) is 26.7 Å². The maximum atomic E-state index is 12.2. The third kappa shape index (κ3) is 2.79. The summed E-state index contributed by atoms with van der Waals surface area (Å²) in [5.74, 6) is 1.35. The summed E-state index contributed by atoms with van der Waals surface area (Å²) in [4.78, 5) is 39.2. The summed E-state index contributed by atoms with van der Waals surface area (Å²) < 4.78 is 5.38. The fraction of sp³-hybridized carbons (Fsp3) is 0.389. The number of amides is 2. The second-order valence-corrected chi connectivity index (χ2v) is 6.00. The van der Waals surface area contributed by atoms with Gasteiger partial charge in [-0.2, -0.15) is 0 Å². The first kappa shape index (κ1) is 16.2. The topological polar surface area (TPSA) is 66.9 Å². The second kappa shape index (κ2) is 6.46. The molecule has 0 spiro atoms. The minimum Gasteiger partial charge on any atom is -0.460 e. The molecule has 1 aromatic rings. The fourth-order valence-corrected chi connectivity index (χ4v) is 3.15. The molecule has 2 heterocycles. The number of imide groups is 1. The number of hydrogen-bond acceptors (Lipinski definition) is 5. The first-order valence-corrected chi connectivity index (χ1v) is 7.84. The van der Waals surface area contributed by atoms with Crippen LogP contribution in [0.15, 0.2) is 18.2 Å². The Morgan fingerprint density at radius 1 is 1.33 bits per heavy atom. The Labute approximate surface area is 140 Å². The average molecular weight is 326 g/mol. The number of carbonyl (C=O) groups excluding carboxylic acids is 3. The summed E-state index contributed by atoms with van der Waals surface area (Å²) in [5, 5.41) is 0. The van der Waals surface area contributed by atoms with Gasteiger partial charge in [-0.05, 0) is 37.6 Å². The van der Waals surface area contributed by atoms with E-state index in [1.165, 1.54) is 25.2 Å². The molecular formula is C18H18N2O4. The summed E-state index contributed by atoms with van der Waals surface area (Å²) in [7, 11) is 1.42. The van der Waals surface area contributed by atoms with E-state index in [0.29, 0.717) is 12.1 Å². The van der Waals surface area contributed by atoms with Gasteiger partial charge in [-0.3, -0.25) is 19.4 Å². The van der Waals surface area contributed by atoms with E-state index >= 15 is 0 Å². The number of nitrogens with zero attached hydrogens (tertiary/aromatic N) is 2. The number of likely N-dealkylation sites (tertiary alicyclic amines) is 1. The Morgan fingerprint density at radius 3 is 2.83 bits per heavy atom. The summed E-state index contributed by atoms with van der Waals surface area (Å²) in [6, 6.07) is 4.57. The first-order valence-electron chi connectivity index (χ1n) is 7.84. The van der Waals surface area contributed by atoms with E-state index in [1.807, 2.05) is 0 Å². The molecule has 3 rings (SSSR count). The molecule has 2 aliphatic rings. The number of benzene rings is 1. The maximum Gasteiger partial charge on any atom is 0.338 e. The van der Waals surface area contributed by atoms with Gasteiger partial charge in [-0.1, -0.05) is 5.92 Å². The molecular weight excluding hydrogens is 308 g/mol. The summed E-state index contributed by atoms with van der Waals surface area (Å²) in [5.41, 5.74) is 0.827. The number of ether oxygens (including phenoxy) is 1. The van der Waals surface area contributed by atoms with Gasteiger partial charge in [0.1, 0.15) is 6.61 Å². The van der Waals surface area contributed by atoms with Crippen molar-refractivity contribution < 1.29 is 19.1 Å². The van der Waals surface area contributed by atoms with Gasteiger partial charge in [0.25, 0.3) is 11.8 Å². The number of hydrogen-bond donors (Lipinski definition) is 0. The number of carbonyl (C=O) groups is 3. The lowest BCUT2D eigenvalue weighted by Gasteiger charge is -2.21. The smallest absolute Gasteiger partial charge is 0.338 e. The predicted molar refractivity (Wildman–Crippen MR) is 86.6 cm³/mol. The summed E-state index contributed by atoms with van der Waals surface area (Å²) >= 11 is 0. The minimum atomic E-state index is -0.500. The Balaban J connectivity index is 1.68. The van der Waals surface area contributed by atoms with Crippen molar-refractivity contribution in [2.45, 2.75) is 18.9 Å². The molecule has 6 heteroatoms. The average Bonchev–Trinajstić information content (AvgIpc) is 3.12. The van der Waals surface area contributed by atoms with Crippen LogP contribution in [0.5, 0.6) is 0 Å². The fourth-order valence-electron chi connectivity index (χ4n) is 3.15. The third-order valence-corrected chi connectivity index (χ3v) is 4.53. The van der Waals surface area contributed by atoms with E-state index in [0.717, 1.165) is 24.3 Å². The van der Waals surface area contributed by atoms with Gasteiger partial charge in [0.05, 0.1) is 23.2 Å². The molecule has 2 aliphatic heterocycles. The standard InChI is InChI=1S/C18H18N2O4/c1-3-8-20-9-4-5-13(20)11-24-18(23)12-6-7-14-15(10-12)17(22)19(2)16(14)21/h1,6-7,10,13H,4-5,8-9,11H2,2H3. The highest BCUT2D eigenvalue weighted by Crippen LogP contribution is 2.23. The van der Waals surface area contributed by atoms with E-state index in [2.05, 4.69) is 10.8 Å². The SMILES string of the molecule is C#CCN1CCCC1COC(=O)c1ccc2c(c1)C(=O)N(C)C2=O. The largest absolute Gasteiger partial charge is 0.460 e. The molecule has 24 heavy (non-hydrogen) atoms. The van der Waals surface area contributed by atoms with Gasteiger partial charge in [0.2, 0.25) is 0 Å². The van der Waals surface area contributed by atoms with Crippen molar-refractivity contribution in [3.63, 3.8) is 0 Å². The van der Waals surface area contributed by atoms with Gasteiger partial charge >= 0.3 is 5.97 Å². The van der Waals surface area contributed by atoms with Crippen LogP contribution in [0.3, 0.4) is 0 Å². The van der Waals surface area contributed by atoms with E-state index in [4.69, 9.17) is 11.2 Å². The zero-order valence-electron chi connectivity index (χ0n) is 13.4. The highest BCUT2D eigenvalue weighted by molar-refractivity contribution is 6.21. The van der Waals surface area contributed by atoms with Gasteiger partial charge in [-0.25, -0.2) is 4.79 Å². The maximum absolute atomic E-state index is 12.2. The van der Waals surface area contributed by atoms with Gasteiger partial charge in [0.15, 0.2) is 0 Å². The van der Waals surface area contributed by atoms with Crippen LogP contribution in [0, 0.1) is 12.3 Å². The normalized spacial score (nSPS) is 20.2. The van der Waals surface area contributed by atoms with E-state index in [9.17, 15) is 14.4 Å². The lowest BCUT2D eigenvalue weighted by atomic mass is 10.1. The van der Waals surface area contributed by atoms with Gasteiger partial charge in [-0.15, -0.1) is 6.42 Å². The summed E-state index contributed by atoms with van der Waals surface area (Å²) in [6.07, 6.45) is 7.32. The van der Waals surface area contributed by atoms with Crippen LogP contribution < -0.4 is 0 Å². The molecule has 1 unspecified atom stereocenters. The molecule has 0 bridgehead atoms. The lowest BCUT2D eigenvalue weighted by Crippen LogP contribution is -2.34. The molecule has 0 aromatic heterocycles. The Morgan fingerprint density at radius 2 is 2.08 bits per heavy atom. The van der Waals surface area contributed by atoms with Gasteiger partial charge in [0, 0.05) is 13.1 Å². The third-order valence-electron chi connectivity index (χ3n) is 4.53. The van der Waals surface area contributed by atoms with Gasteiger partial charge < -0.3 is 4.74 Å². The number of esters is 1. The zero-order chi connectivity index (χ0) is 17.3. The van der Waals surface area contributed by atoms with E-state index in [-0.39, 0.29) is 29.7 Å². The molecule has 0 saturated carbocycles. The molecule has 1 saturated heterocycles. The van der Waals surface area contributed by atoms with Crippen LogP contribution in [-0.2, 0) is 4.74 Å². The van der Waals surface area contributed by atoms with Crippen LogP contribution in [0.4, 0.5) is 0 Å². The van der Waals surface area contributed by atoms with Crippen LogP contribution in [0.25, 0.3) is 0 Å². The zero-order valence-corrected chi connectivity index (χ0v) is 13.4. The molecule has 1 fully saturated rings. The molecule has 0 radical (unpaired) electrons. The molecule has 0 N–H and O–H groups in total. The summed E-state index contributed by atoms with van der Waals surface area (Å²) in [6.45, 7) is 1.72. The highest BCUT2D eigenvalue weighted by Gasteiger charge is 2.33. The van der Waals surface area contributed by atoms with Crippen molar-refractivity contribution in [1.29, 1.82) is 0 Å². The Bertz CT molecular complexity index is 750. The Hall–Kier alpha value is -2.65. The monoisotopic (exact) mass is 326 g/mol. The number of rotatable bonds is 4. The van der Waals surface area contributed by atoms with Crippen molar-refractivity contribution >= 4 is 17.8 Å². The number of fused-ring (bicyclic) bond motifs is 1. The first-order chi connectivity index (χ1) is 11.5. The predicted octanol–water partition coefficient (Wildman–Crippen LogP) is 1.17. The van der Waals surface area contributed by atoms with E-state index < -0.39 is 11.9 Å². The van der Waals surface area contributed by atoms with Crippen LogP contribution in [0.1, 0.15) is 43.9 Å². The van der Waals surface area contributed by atoms with Crippen molar-refractivity contribution in [1.82, 2.24) is 9.80 Å². The quantitative estimate of drug-likeness (QED) is 0.472. The minimum absolute atomic E-state index is 0.133. The molecule has 0 aliphatic carbocycles. The molecule has 124 valence electrons. The number of terminal acetylenes is 1. The molecule has 1 atom stereocenters.